The SMILES string of the molecule is COc1ccc(Br)c(CNCC2CCOC2)c1. The van der Waals surface area contributed by atoms with Gasteiger partial charge in [0.1, 0.15) is 5.75 Å². The minimum absolute atomic E-state index is 0.666. The molecule has 0 spiro atoms. The van der Waals surface area contributed by atoms with E-state index in [4.69, 9.17) is 9.47 Å². The Balaban J connectivity index is 1.84. The summed E-state index contributed by atoms with van der Waals surface area (Å²) in [6.07, 6.45) is 1.17. The minimum Gasteiger partial charge on any atom is -0.497 e. The van der Waals surface area contributed by atoms with Gasteiger partial charge in [-0.3, -0.25) is 0 Å². The van der Waals surface area contributed by atoms with Crippen molar-refractivity contribution in [1.82, 2.24) is 5.32 Å². The summed E-state index contributed by atoms with van der Waals surface area (Å²) >= 11 is 3.55. The molecule has 0 radical (unpaired) electrons. The number of ether oxygens (including phenoxy) is 2. The van der Waals surface area contributed by atoms with Crippen LogP contribution in [0, 0.1) is 5.92 Å². The van der Waals surface area contributed by atoms with Crippen molar-refractivity contribution in [1.29, 1.82) is 0 Å². The summed E-state index contributed by atoms with van der Waals surface area (Å²) in [7, 11) is 1.69. The predicted molar refractivity (Wildman–Crippen MR) is 71.3 cm³/mol. The van der Waals surface area contributed by atoms with Crippen molar-refractivity contribution in [3.8, 4) is 5.75 Å². The van der Waals surface area contributed by atoms with Gasteiger partial charge in [0.25, 0.3) is 0 Å². The van der Waals surface area contributed by atoms with Crippen LogP contribution in [0.3, 0.4) is 0 Å². The van der Waals surface area contributed by atoms with Crippen LogP contribution in [0.15, 0.2) is 22.7 Å². The van der Waals surface area contributed by atoms with E-state index in [-0.39, 0.29) is 0 Å². The summed E-state index contributed by atoms with van der Waals surface area (Å²) in [6, 6.07) is 6.04. The van der Waals surface area contributed by atoms with E-state index in [0.29, 0.717) is 5.92 Å². The van der Waals surface area contributed by atoms with E-state index < -0.39 is 0 Å². The van der Waals surface area contributed by atoms with Gasteiger partial charge in [-0.25, -0.2) is 0 Å². The second-order valence-corrected chi connectivity index (χ2v) is 5.17. The van der Waals surface area contributed by atoms with Gasteiger partial charge in [0.05, 0.1) is 13.7 Å². The molecule has 0 bridgehead atoms. The molecule has 1 aromatic rings. The first kappa shape index (κ1) is 12.9. The van der Waals surface area contributed by atoms with Crippen molar-refractivity contribution < 1.29 is 9.47 Å². The highest BCUT2D eigenvalue weighted by Gasteiger charge is 2.14. The second-order valence-electron chi connectivity index (χ2n) is 4.32. The van der Waals surface area contributed by atoms with Gasteiger partial charge in [-0.2, -0.15) is 0 Å². The highest BCUT2D eigenvalue weighted by atomic mass is 79.9. The standard InChI is InChI=1S/C13H18BrNO2/c1-16-12-2-3-13(14)11(6-12)8-15-7-10-4-5-17-9-10/h2-3,6,10,15H,4-5,7-9H2,1H3. The van der Waals surface area contributed by atoms with Gasteiger partial charge in [-0.1, -0.05) is 15.9 Å². The van der Waals surface area contributed by atoms with Crippen molar-refractivity contribution in [3.05, 3.63) is 28.2 Å². The van der Waals surface area contributed by atoms with E-state index in [2.05, 4.69) is 27.3 Å². The lowest BCUT2D eigenvalue weighted by molar-refractivity contribution is 0.185. The Morgan fingerprint density at radius 1 is 1.53 bits per heavy atom. The normalized spacial score (nSPS) is 19.5. The molecule has 1 aliphatic heterocycles. The van der Waals surface area contributed by atoms with Gasteiger partial charge >= 0.3 is 0 Å². The Morgan fingerprint density at radius 3 is 3.12 bits per heavy atom. The number of hydrogen-bond acceptors (Lipinski definition) is 3. The minimum atomic E-state index is 0.666. The Morgan fingerprint density at radius 2 is 2.41 bits per heavy atom. The molecule has 1 saturated heterocycles. The maximum Gasteiger partial charge on any atom is 0.119 e. The molecule has 1 N–H and O–H groups in total. The van der Waals surface area contributed by atoms with Crippen LogP contribution in [0.4, 0.5) is 0 Å². The third-order valence-corrected chi connectivity index (χ3v) is 3.80. The molecule has 0 saturated carbocycles. The first-order valence-corrected chi connectivity index (χ1v) is 6.70. The molecule has 3 nitrogen and oxygen atoms in total. The molecule has 2 rings (SSSR count). The fourth-order valence-corrected chi connectivity index (χ4v) is 2.36. The van der Waals surface area contributed by atoms with Gasteiger partial charge in [0, 0.05) is 24.2 Å². The summed E-state index contributed by atoms with van der Waals surface area (Å²) in [4.78, 5) is 0. The summed E-state index contributed by atoms with van der Waals surface area (Å²) in [5, 5.41) is 3.47. The van der Waals surface area contributed by atoms with Crippen molar-refractivity contribution in [2.45, 2.75) is 13.0 Å². The van der Waals surface area contributed by atoms with Gasteiger partial charge in [0.15, 0.2) is 0 Å². The van der Waals surface area contributed by atoms with Crippen molar-refractivity contribution in [3.63, 3.8) is 0 Å². The Hall–Kier alpha value is -0.580. The van der Waals surface area contributed by atoms with Gasteiger partial charge in [-0.15, -0.1) is 0 Å². The zero-order valence-corrected chi connectivity index (χ0v) is 11.6. The third kappa shape index (κ3) is 3.69. The van der Waals surface area contributed by atoms with E-state index in [0.717, 1.165) is 36.5 Å². The molecule has 0 aliphatic carbocycles. The van der Waals surface area contributed by atoms with Crippen LogP contribution in [-0.4, -0.2) is 26.9 Å². The van der Waals surface area contributed by atoms with Crippen molar-refractivity contribution >= 4 is 15.9 Å². The highest BCUT2D eigenvalue weighted by molar-refractivity contribution is 9.10. The molecule has 1 fully saturated rings. The highest BCUT2D eigenvalue weighted by Crippen LogP contribution is 2.22. The summed E-state index contributed by atoms with van der Waals surface area (Å²) < 4.78 is 11.7. The zero-order chi connectivity index (χ0) is 12.1. The largest absolute Gasteiger partial charge is 0.497 e. The predicted octanol–water partition coefficient (Wildman–Crippen LogP) is 2.58. The van der Waals surface area contributed by atoms with Crippen LogP contribution < -0.4 is 10.1 Å². The van der Waals surface area contributed by atoms with Gasteiger partial charge in [0.2, 0.25) is 0 Å². The average molecular weight is 300 g/mol. The molecule has 0 aromatic heterocycles. The van der Waals surface area contributed by atoms with Crippen LogP contribution >= 0.6 is 15.9 Å². The van der Waals surface area contributed by atoms with E-state index in [1.54, 1.807) is 7.11 Å². The van der Waals surface area contributed by atoms with E-state index in [9.17, 15) is 0 Å². The molecule has 1 unspecified atom stereocenters. The number of benzene rings is 1. The maximum atomic E-state index is 5.35. The summed E-state index contributed by atoms with van der Waals surface area (Å²) in [6.45, 7) is 3.68. The molecular weight excluding hydrogens is 282 g/mol. The Labute approximate surface area is 111 Å². The molecule has 17 heavy (non-hydrogen) atoms. The van der Waals surface area contributed by atoms with E-state index in [1.165, 1.54) is 12.0 Å². The lowest BCUT2D eigenvalue weighted by Gasteiger charge is -2.11. The number of methoxy groups -OCH3 is 1. The third-order valence-electron chi connectivity index (χ3n) is 3.03. The summed E-state index contributed by atoms with van der Waals surface area (Å²) in [5.74, 6) is 1.56. The van der Waals surface area contributed by atoms with Crippen LogP contribution in [0.1, 0.15) is 12.0 Å². The van der Waals surface area contributed by atoms with Crippen molar-refractivity contribution in [2.75, 3.05) is 26.9 Å². The molecule has 1 atom stereocenters. The number of nitrogens with one attached hydrogen (secondary N) is 1. The summed E-state index contributed by atoms with van der Waals surface area (Å²) in [5.41, 5.74) is 1.23. The molecular formula is C13H18BrNO2. The molecule has 1 heterocycles. The fourth-order valence-electron chi connectivity index (χ4n) is 1.97. The lowest BCUT2D eigenvalue weighted by Crippen LogP contribution is -2.22. The molecule has 1 aromatic carbocycles. The average Bonchev–Trinajstić information content (AvgIpc) is 2.84. The number of hydrogen-bond donors (Lipinski definition) is 1. The van der Waals surface area contributed by atoms with Crippen LogP contribution in [0.2, 0.25) is 0 Å². The first-order valence-electron chi connectivity index (χ1n) is 5.90. The molecule has 94 valence electrons. The van der Waals surface area contributed by atoms with Crippen molar-refractivity contribution in [2.24, 2.45) is 5.92 Å². The molecule has 4 heteroatoms. The zero-order valence-electron chi connectivity index (χ0n) is 10.0. The quantitative estimate of drug-likeness (QED) is 0.906. The van der Waals surface area contributed by atoms with E-state index >= 15 is 0 Å². The van der Waals surface area contributed by atoms with Gasteiger partial charge in [-0.05, 0) is 36.1 Å². The van der Waals surface area contributed by atoms with Crippen LogP contribution in [0.25, 0.3) is 0 Å². The Kier molecular flexibility index (Phi) is 4.83. The first-order chi connectivity index (χ1) is 8.29. The Bertz CT molecular complexity index is 364. The fraction of sp³-hybridized carbons (Fsp3) is 0.538. The monoisotopic (exact) mass is 299 g/mol. The smallest absolute Gasteiger partial charge is 0.119 e. The molecule has 0 amide bonds. The van der Waals surface area contributed by atoms with Crippen LogP contribution in [-0.2, 0) is 11.3 Å². The maximum absolute atomic E-state index is 5.35. The van der Waals surface area contributed by atoms with E-state index in [1.807, 2.05) is 12.1 Å². The van der Waals surface area contributed by atoms with Crippen LogP contribution in [0.5, 0.6) is 5.75 Å². The van der Waals surface area contributed by atoms with Gasteiger partial charge < -0.3 is 14.8 Å². The second kappa shape index (κ2) is 6.38. The topological polar surface area (TPSA) is 30.5 Å². The number of rotatable bonds is 5. The number of halogens is 1. The lowest BCUT2D eigenvalue weighted by atomic mass is 10.1. The molecule has 1 aliphatic rings.